The molecule has 0 unspecified atom stereocenters. The Labute approximate surface area is 87.0 Å². The van der Waals surface area contributed by atoms with Gasteiger partial charge in [-0.25, -0.2) is 0 Å². The number of hydrogen-bond donors (Lipinski definition) is 0. The van der Waals surface area contributed by atoms with Crippen LogP contribution in [0.3, 0.4) is 0 Å². The Balaban J connectivity index is 2.87. The van der Waals surface area contributed by atoms with E-state index in [1.54, 1.807) is 6.20 Å². The van der Waals surface area contributed by atoms with Crippen molar-refractivity contribution in [2.75, 3.05) is 13.1 Å². The lowest BCUT2D eigenvalue weighted by molar-refractivity contribution is 0.188. The first-order valence-corrected chi connectivity index (χ1v) is 5.07. The fourth-order valence-corrected chi connectivity index (χ4v) is 1.60. The van der Waals surface area contributed by atoms with Crippen LogP contribution in [0.2, 0.25) is 0 Å². The highest BCUT2D eigenvalue weighted by Crippen LogP contribution is 2.22. The molecule has 0 N–H and O–H groups in total. The molecule has 0 bridgehead atoms. The molecule has 1 fully saturated rings. The standard InChI is InChI=1S/C12H20N2/c1-6-10-8-14(12(3,4)5)9-11(10)13-7-2/h6-7H,2,8-9H2,1,3-5H3/b10-6-,13-11-. The molecule has 1 heterocycles. The molecule has 0 saturated carbocycles. The van der Waals surface area contributed by atoms with Gasteiger partial charge in [0.15, 0.2) is 0 Å². The summed E-state index contributed by atoms with van der Waals surface area (Å²) in [5, 5.41) is 0. The van der Waals surface area contributed by atoms with Gasteiger partial charge in [0.05, 0.1) is 5.71 Å². The predicted octanol–water partition coefficient (Wildman–Crippen LogP) is 2.63. The second-order valence-corrected chi connectivity index (χ2v) is 4.60. The molecule has 2 heteroatoms. The first-order valence-electron chi connectivity index (χ1n) is 5.07. The average molecular weight is 192 g/mol. The van der Waals surface area contributed by atoms with Gasteiger partial charge in [0.2, 0.25) is 0 Å². The third-order valence-electron chi connectivity index (χ3n) is 2.62. The molecule has 0 radical (unpaired) electrons. The van der Waals surface area contributed by atoms with E-state index in [0.717, 1.165) is 18.8 Å². The van der Waals surface area contributed by atoms with Crippen molar-refractivity contribution in [3.8, 4) is 0 Å². The minimum atomic E-state index is 0.215. The van der Waals surface area contributed by atoms with E-state index in [1.165, 1.54) is 5.57 Å². The van der Waals surface area contributed by atoms with Gasteiger partial charge >= 0.3 is 0 Å². The largest absolute Gasteiger partial charge is 0.288 e. The molecule has 0 spiro atoms. The third kappa shape index (κ3) is 2.32. The molecule has 2 nitrogen and oxygen atoms in total. The molecule has 78 valence electrons. The number of nitrogens with zero attached hydrogens (tertiary/aromatic N) is 2. The Morgan fingerprint density at radius 2 is 2.00 bits per heavy atom. The summed E-state index contributed by atoms with van der Waals surface area (Å²) in [7, 11) is 0. The Kier molecular flexibility index (Phi) is 3.27. The SMILES string of the molecule is C=C/N=C1/CN(C(C)(C)C)C/C1=C/C. The molecule has 0 aromatic heterocycles. The summed E-state index contributed by atoms with van der Waals surface area (Å²) in [4.78, 5) is 6.73. The molecule has 0 atom stereocenters. The van der Waals surface area contributed by atoms with Crippen LogP contribution in [0, 0.1) is 0 Å². The van der Waals surface area contributed by atoms with Crippen LogP contribution >= 0.6 is 0 Å². The number of rotatable bonds is 1. The molecule has 0 aromatic carbocycles. The number of likely N-dealkylation sites (tertiary alicyclic amines) is 1. The summed E-state index contributed by atoms with van der Waals surface area (Å²) in [5.74, 6) is 0. The minimum Gasteiger partial charge on any atom is -0.288 e. The van der Waals surface area contributed by atoms with Crippen molar-refractivity contribution >= 4 is 5.71 Å². The highest BCUT2D eigenvalue weighted by molar-refractivity contribution is 6.04. The van der Waals surface area contributed by atoms with E-state index in [9.17, 15) is 0 Å². The highest BCUT2D eigenvalue weighted by Gasteiger charge is 2.30. The second-order valence-electron chi connectivity index (χ2n) is 4.60. The van der Waals surface area contributed by atoms with Crippen molar-refractivity contribution in [1.29, 1.82) is 0 Å². The molecule has 0 aliphatic carbocycles. The fourth-order valence-electron chi connectivity index (χ4n) is 1.60. The van der Waals surface area contributed by atoms with E-state index in [-0.39, 0.29) is 5.54 Å². The lowest BCUT2D eigenvalue weighted by atomic mass is 10.1. The summed E-state index contributed by atoms with van der Waals surface area (Å²) >= 11 is 0. The van der Waals surface area contributed by atoms with Gasteiger partial charge in [-0.15, -0.1) is 0 Å². The van der Waals surface area contributed by atoms with Crippen LogP contribution in [0.25, 0.3) is 0 Å². The molecule has 1 saturated heterocycles. The zero-order chi connectivity index (χ0) is 10.8. The van der Waals surface area contributed by atoms with Crippen LogP contribution < -0.4 is 0 Å². The van der Waals surface area contributed by atoms with Gasteiger partial charge in [-0.3, -0.25) is 9.89 Å². The summed E-state index contributed by atoms with van der Waals surface area (Å²) in [6, 6.07) is 0. The van der Waals surface area contributed by atoms with E-state index in [4.69, 9.17) is 0 Å². The lowest BCUT2D eigenvalue weighted by Gasteiger charge is -2.30. The van der Waals surface area contributed by atoms with Gasteiger partial charge in [0, 0.05) is 24.8 Å². The highest BCUT2D eigenvalue weighted by atomic mass is 15.2. The van der Waals surface area contributed by atoms with E-state index in [2.05, 4.69) is 50.2 Å². The van der Waals surface area contributed by atoms with E-state index < -0.39 is 0 Å². The number of aliphatic imine (C=N–C) groups is 1. The number of hydrogen-bond acceptors (Lipinski definition) is 2. The topological polar surface area (TPSA) is 15.6 Å². The molecule has 0 aromatic rings. The maximum atomic E-state index is 4.31. The van der Waals surface area contributed by atoms with Crippen LogP contribution in [0.5, 0.6) is 0 Å². The first kappa shape index (κ1) is 11.2. The average Bonchev–Trinajstić information content (AvgIpc) is 2.47. The minimum absolute atomic E-state index is 0.215. The van der Waals surface area contributed by atoms with Gasteiger partial charge < -0.3 is 0 Å². The zero-order valence-electron chi connectivity index (χ0n) is 9.67. The van der Waals surface area contributed by atoms with Gasteiger partial charge in [-0.1, -0.05) is 12.7 Å². The summed E-state index contributed by atoms with van der Waals surface area (Å²) in [5.41, 5.74) is 2.71. The fraction of sp³-hybridized carbons (Fsp3) is 0.583. The number of allylic oxidation sites excluding steroid dienone is 1. The molecule has 0 amide bonds. The van der Waals surface area contributed by atoms with E-state index >= 15 is 0 Å². The van der Waals surface area contributed by atoms with Crippen molar-refractivity contribution in [3.05, 3.63) is 24.4 Å². The molecule has 1 rings (SSSR count). The second kappa shape index (κ2) is 4.09. The van der Waals surface area contributed by atoms with E-state index in [1.807, 2.05) is 0 Å². The van der Waals surface area contributed by atoms with Crippen molar-refractivity contribution in [2.45, 2.75) is 33.2 Å². The maximum Gasteiger partial charge on any atom is 0.0585 e. The van der Waals surface area contributed by atoms with Gasteiger partial charge in [0.1, 0.15) is 0 Å². The summed E-state index contributed by atoms with van der Waals surface area (Å²) < 4.78 is 0. The molecule has 1 aliphatic rings. The van der Waals surface area contributed by atoms with Crippen LogP contribution in [0.1, 0.15) is 27.7 Å². The first-order chi connectivity index (χ1) is 6.49. The van der Waals surface area contributed by atoms with Gasteiger partial charge in [-0.05, 0) is 33.3 Å². The van der Waals surface area contributed by atoms with Gasteiger partial charge in [0.25, 0.3) is 0 Å². The predicted molar refractivity (Wildman–Crippen MR) is 62.7 cm³/mol. The Bertz CT molecular complexity index is 279. The van der Waals surface area contributed by atoms with Crippen LogP contribution in [-0.2, 0) is 0 Å². The molecular formula is C12H20N2. The Morgan fingerprint density at radius 3 is 2.43 bits per heavy atom. The molecule has 1 aliphatic heterocycles. The van der Waals surface area contributed by atoms with Gasteiger partial charge in [-0.2, -0.15) is 0 Å². The van der Waals surface area contributed by atoms with Crippen molar-refractivity contribution in [2.24, 2.45) is 4.99 Å². The van der Waals surface area contributed by atoms with Crippen LogP contribution in [0.15, 0.2) is 29.4 Å². The van der Waals surface area contributed by atoms with Crippen LogP contribution in [0.4, 0.5) is 0 Å². The monoisotopic (exact) mass is 192 g/mol. The zero-order valence-corrected chi connectivity index (χ0v) is 9.67. The smallest absolute Gasteiger partial charge is 0.0585 e. The maximum absolute atomic E-state index is 4.31. The van der Waals surface area contributed by atoms with Crippen molar-refractivity contribution < 1.29 is 0 Å². The Hall–Kier alpha value is -0.890. The Morgan fingerprint density at radius 1 is 1.36 bits per heavy atom. The van der Waals surface area contributed by atoms with Crippen molar-refractivity contribution in [3.63, 3.8) is 0 Å². The quantitative estimate of drug-likeness (QED) is 0.623. The summed E-state index contributed by atoms with van der Waals surface area (Å²) in [6.07, 6.45) is 3.78. The third-order valence-corrected chi connectivity index (χ3v) is 2.62. The van der Waals surface area contributed by atoms with E-state index in [0.29, 0.717) is 0 Å². The normalized spacial score (nSPS) is 24.9. The van der Waals surface area contributed by atoms with Crippen LogP contribution in [-0.4, -0.2) is 29.2 Å². The van der Waals surface area contributed by atoms with Crippen molar-refractivity contribution in [1.82, 2.24) is 4.90 Å². The molecule has 14 heavy (non-hydrogen) atoms. The molecular weight excluding hydrogens is 172 g/mol. The lowest BCUT2D eigenvalue weighted by Crippen LogP contribution is -2.39. The summed E-state index contributed by atoms with van der Waals surface area (Å²) in [6.45, 7) is 14.4.